The maximum absolute atomic E-state index is 13.8. The highest BCUT2D eigenvalue weighted by molar-refractivity contribution is 5.69. The van der Waals surface area contributed by atoms with Gasteiger partial charge in [0.25, 0.3) is 0 Å². The molecule has 0 aliphatic carbocycles. The summed E-state index contributed by atoms with van der Waals surface area (Å²) in [6.45, 7) is 3.68. The Morgan fingerprint density at radius 1 is 1.42 bits per heavy atom. The standard InChI is InChI=1S/C14H17FN4/c1-9-13(11-4-2-3-5-12(11)15)17-18-14(9)19-7-6-10(16)8-19/h2-5,10H,6-8,16H2,1H3,(H,17,18). The molecule has 1 atom stereocenters. The third kappa shape index (κ3) is 2.10. The fourth-order valence-corrected chi connectivity index (χ4v) is 2.60. The number of halogens is 1. The first-order valence-corrected chi connectivity index (χ1v) is 6.47. The maximum atomic E-state index is 13.8. The van der Waals surface area contributed by atoms with E-state index in [0.717, 1.165) is 36.6 Å². The normalized spacial score (nSPS) is 19.1. The summed E-state index contributed by atoms with van der Waals surface area (Å²) in [4.78, 5) is 2.15. The molecule has 0 bridgehead atoms. The number of benzene rings is 1. The molecule has 0 saturated carbocycles. The highest BCUT2D eigenvalue weighted by Gasteiger charge is 2.24. The van der Waals surface area contributed by atoms with Crippen molar-refractivity contribution in [2.75, 3.05) is 18.0 Å². The second kappa shape index (κ2) is 4.66. The molecule has 1 aliphatic heterocycles. The van der Waals surface area contributed by atoms with Crippen LogP contribution < -0.4 is 10.6 Å². The van der Waals surface area contributed by atoms with Gasteiger partial charge in [-0.3, -0.25) is 5.10 Å². The number of aromatic nitrogens is 2. The van der Waals surface area contributed by atoms with Crippen LogP contribution in [0.3, 0.4) is 0 Å². The molecule has 0 radical (unpaired) electrons. The second-order valence-electron chi connectivity index (χ2n) is 5.02. The molecule has 2 aromatic rings. The summed E-state index contributed by atoms with van der Waals surface area (Å²) < 4.78 is 13.8. The van der Waals surface area contributed by atoms with Crippen molar-refractivity contribution in [1.82, 2.24) is 10.2 Å². The van der Waals surface area contributed by atoms with Crippen LogP contribution in [0.15, 0.2) is 24.3 Å². The predicted molar refractivity (Wildman–Crippen MR) is 73.5 cm³/mol. The average molecular weight is 260 g/mol. The van der Waals surface area contributed by atoms with Crippen LogP contribution in [-0.2, 0) is 0 Å². The molecular weight excluding hydrogens is 243 g/mol. The number of nitrogens with zero attached hydrogens (tertiary/aromatic N) is 2. The van der Waals surface area contributed by atoms with Gasteiger partial charge in [-0.15, -0.1) is 0 Å². The summed E-state index contributed by atoms with van der Waals surface area (Å²) in [6, 6.07) is 6.93. The molecule has 2 heterocycles. The third-order valence-corrected chi connectivity index (χ3v) is 3.65. The van der Waals surface area contributed by atoms with Crippen molar-refractivity contribution in [3.8, 4) is 11.3 Å². The van der Waals surface area contributed by atoms with Gasteiger partial charge in [0.1, 0.15) is 5.82 Å². The van der Waals surface area contributed by atoms with Crippen molar-refractivity contribution in [2.24, 2.45) is 5.73 Å². The number of H-pyrrole nitrogens is 1. The smallest absolute Gasteiger partial charge is 0.153 e. The minimum absolute atomic E-state index is 0.202. The molecule has 0 spiro atoms. The fraction of sp³-hybridized carbons (Fsp3) is 0.357. The number of hydrogen-bond acceptors (Lipinski definition) is 3. The first-order chi connectivity index (χ1) is 9.16. The van der Waals surface area contributed by atoms with Crippen LogP contribution in [-0.4, -0.2) is 29.3 Å². The van der Waals surface area contributed by atoms with Crippen molar-refractivity contribution in [2.45, 2.75) is 19.4 Å². The summed E-state index contributed by atoms with van der Waals surface area (Å²) in [6.07, 6.45) is 0.974. The van der Waals surface area contributed by atoms with Gasteiger partial charge in [0.15, 0.2) is 5.82 Å². The van der Waals surface area contributed by atoms with Crippen LogP contribution in [0.1, 0.15) is 12.0 Å². The Hall–Kier alpha value is -1.88. The van der Waals surface area contributed by atoms with Crippen LogP contribution in [0, 0.1) is 12.7 Å². The molecule has 4 nitrogen and oxygen atoms in total. The molecule has 19 heavy (non-hydrogen) atoms. The summed E-state index contributed by atoms with van der Waals surface area (Å²) in [5.74, 6) is 0.644. The van der Waals surface area contributed by atoms with Crippen molar-refractivity contribution < 1.29 is 4.39 Å². The van der Waals surface area contributed by atoms with Crippen molar-refractivity contribution in [3.63, 3.8) is 0 Å². The summed E-state index contributed by atoms with van der Waals surface area (Å²) >= 11 is 0. The van der Waals surface area contributed by atoms with E-state index >= 15 is 0 Å². The molecule has 3 rings (SSSR count). The molecule has 1 aromatic carbocycles. The quantitative estimate of drug-likeness (QED) is 0.869. The number of nitrogens with one attached hydrogen (secondary N) is 1. The molecule has 1 aliphatic rings. The molecule has 100 valence electrons. The average Bonchev–Trinajstić information content (AvgIpc) is 2.97. The number of anilines is 1. The first kappa shape index (κ1) is 12.2. The lowest BCUT2D eigenvalue weighted by Gasteiger charge is -2.15. The van der Waals surface area contributed by atoms with E-state index in [1.807, 2.05) is 13.0 Å². The molecular formula is C14H17FN4. The van der Waals surface area contributed by atoms with Crippen LogP contribution in [0.5, 0.6) is 0 Å². The molecule has 5 heteroatoms. The largest absolute Gasteiger partial charge is 0.353 e. The molecule has 1 fully saturated rings. The van der Waals surface area contributed by atoms with E-state index in [-0.39, 0.29) is 11.9 Å². The van der Waals surface area contributed by atoms with Crippen LogP contribution in [0.4, 0.5) is 10.2 Å². The minimum atomic E-state index is -0.237. The van der Waals surface area contributed by atoms with Gasteiger partial charge in [0.2, 0.25) is 0 Å². The van der Waals surface area contributed by atoms with E-state index in [1.54, 1.807) is 12.1 Å². The third-order valence-electron chi connectivity index (χ3n) is 3.65. The highest BCUT2D eigenvalue weighted by Crippen LogP contribution is 2.30. The zero-order chi connectivity index (χ0) is 13.4. The van der Waals surface area contributed by atoms with Crippen LogP contribution in [0.2, 0.25) is 0 Å². The Balaban J connectivity index is 1.97. The van der Waals surface area contributed by atoms with Crippen molar-refractivity contribution in [1.29, 1.82) is 0 Å². The molecule has 0 amide bonds. The van der Waals surface area contributed by atoms with Crippen molar-refractivity contribution in [3.05, 3.63) is 35.6 Å². The first-order valence-electron chi connectivity index (χ1n) is 6.47. The zero-order valence-electron chi connectivity index (χ0n) is 10.9. The molecule has 3 N–H and O–H groups in total. The molecule has 1 unspecified atom stereocenters. The van der Waals surface area contributed by atoms with Crippen LogP contribution >= 0.6 is 0 Å². The lowest BCUT2D eigenvalue weighted by molar-refractivity contribution is 0.630. The Bertz CT molecular complexity index is 593. The van der Waals surface area contributed by atoms with Gasteiger partial charge >= 0.3 is 0 Å². The van der Waals surface area contributed by atoms with Gasteiger partial charge in [-0.1, -0.05) is 12.1 Å². The van der Waals surface area contributed by atoms with Gasteiger partial charge in [0, 0.05) is 30.3 Å². The van der Waals surface area contributed by atoms with E-state index < -0.39 is 0 Å². The summed E-state index contributed by atoms with van der Waals surface area (Å²) in [5, 5.41) is 7.28. The Morgan fingerprint density at radius 3 is 2.89 bits per heavy atom. The monoisotopic (exact) mass is 260 g/mol. The Kier molecular flexibility index (Phi) is 2.98. The van der Waals surface area contributed by atoms with Crippen LogP contribution in [0.25, 0.3) is 11.3 Å². The van der Waals surface area contributed by atoms with E-state index in [9.17, 15) is 4.39 Å². The molecule has 1 aromatic heterocycles. The Labute approximate surface area is 111 Å². The highest BCUT2D eigenvalue weighted by atomic mass is 19.1. The second-order valence-corrected chi connectivity index (χ2v) is 5.02. The SMILES string of the molecule is Cc1c(N2CCC(N)C2)n[nH]c1-c1ccccc1F. The maximum Gasteiger partial charge on any atom is 0.153 e. The van der Waals surface area contributed by atoms with Gasteiger partial charge in [-0.05, 0) is 25.5 Å². The van der Waals surface area contributed by atoms with E-state index in [1.165, 1.54) is 6.07 Å². The number of aromatic amines is 1. The van der Waals surface area contributed by atoms with Gasteiger partial charge in [-0.25, -0.2) is 4.39 Å². The van der Waals surface area contributed by atoms with Gasteiger partial charge in [-0.2, -0.15) is 5.10 Å². The van der Waals surface area contributed by atoms with E-state index in [2.05, 4.69) is 15.1 Å². The predicted octanol–water partition coefficient (Wildman–Crippen LogP) is 2.06. The number of nitrogens with two attached hydrogens (primary N) is 1. The van der Waals surface area contributed by atoms with E-state index in [4.69, 9.17) is 5.73 Å². The Morgan fingerprint density at radius 2 is 2.21 bits per heavy atom. The van der Waals surface area contributed by atoms with Gasteiger partial charge < -0.3 is 10.6 Å². The lowest BCUT2D eigenvalue weighted by Crippen LogP contribution is -2.26. The molecule has 1 saturated heterocycles. The topological polar surface area (TPSA) is 57.9 Å². The number of rotatable bonds is 2. The van der Waals surface area contributed by atoms with Crippen molar-refractivity contribution >= 4 is 5.82 Å². The zero-order valence-corrected chi connectivity index (χ0v) is 10.9. The fourth-order valence-electron chi connectivity index (χ4n) is 2.60. The van der Waals surface area contributed by atoms with E-state index in [0.29, 0.717) is 5.56 Å². The number of hydrogen-bond donors (Lipinski definition) is 2. The van der Waals surface area contributed by atoms with Gasteiger partial charge in [0.05, 0.1) is 5.69 Å². The minimum Gasteiger partial charge on any atom is -0.353 e. The summed E-state index contributed by atoms with van der Waals surface area (Å²) in [5.41, 5.74) is 8.19. The lowest BCUT2D eigenvalue weighted by atomic mass is 10.1. The summed E-state index contributed by atoms with van der Waals surface area (Å²) in [7, 11) is 0.